The number of halogens is 4. The summed E-state index contributed by atoms with van der Waals surface area (Å²) < 4.78 is 21.6. The summed E-state index contributed by atoms with van der Waals surface area (Å²) in [5.41, 5.74) is 5.60. The molecule has 36 heteroatoms. The maximum atomic E-state index is 12.6. The maximum absolute atomic E-state index is 12.6. The summed E-state index contributed by atoms with van der Waals surface area (Å²) in [5.74, 6) is -2.23. The molecule has 16 rings (SSSR count). The fraction of sp³-hybridized carbons (Fsp3) is 0.657. The average Bonchev–Trinajstić information content (AvgIpc) is 1.57. The van der Waals surface area contributed by atoms with Crippen LogP contribution in [0.3, 0.4) is 0 Å². The van der Waals surface area contributed by atoms with Crippen molar-refractivity contribution >= 4 is 111 Å². The van der Waals surface area contributed by atoms with Crippen molar-refractivity contribution in [3.8, 4) is 0 Å². The number of unbranched alkanes of at least 4 members (excludes halogenated alkanes) is 7. The van der Waals surface area contributed by atoms with Crippen molar-refractivity contribution in [2.45, 2.75) is 187 Å². The van der Waals surface area contributed by atoms with Crippen LogP contribution in [0.4, 0.5) is 0 Å². The number of aromatic nitrogens is 4. The van der Waals surface area contributed by atoms with Crippen LogP contribution < -0.4 is 21.3 Å². The van der Waals surface area contributed by atoms with Gasteiger partial charge >= 0.3 is 0 Å². The molecular weight excluding hydrogens is 1640 g/mol. The molecule has 4 aliphatic carbocycles. The third-order valence-electron chi connectivity index (χ3n) is 24.0. The molecule has 4 saturated carbocycles. The van der Waals surface area contributed by atoms with Gasteiger partial charge in [0.05, 0.1) is 99.8 Å². The zero-order valence-corrected chi connectivity index (χ0v) is 64.7. The molecule has 8 amide bonds. The van der Waals surface area contributed by atoms with Crippen molar-refractivity contribution in [3.63, 3.8) is 0 Å². The molecule has 0 bridgehead atoms. The van der Waals surface area contributed by atoms with Crippen molar-refractivity contribution in [3.05, 3.63) is 100 Å². The van der Waals surface area contributed by atoms with E-state index in [-0.39, 0.29) is 185 Å². The SMILES string of the molecule is O=C1N[C@@H]2[C@@H](C[C@]3(O)[C@H]2CC(=O)N3CCCCCCO)n2c(Br)ccc21.O=C1N[C@@H]2[C@@H](C[C@]3(O)[C@H]2CC(=O)N3CCCCO)n2c(Br)ccc21.O=C1N[C@@H]2[C@@H](C[C@]3(O)[C@H]2CC(=O)N3CCOCCOCCO)n2c(Br)ccc21.[N-]=[N+]=NCCCCCCN1C(=O)C[C@H]2[C@@H]3NC(=O)c4ccc(Br)n4[C@@H]3C[C@]21O. The van der Waals surface area contributed by atoms with Gasteiger partial charge < -0.3 is 104 Å². The molecule has 32 nitrogen and oxygen atoms in total. The smallest absolute Gasteiger partial charge is 0.268 e. The van der Waals surface area contributed by atoms with Gasteiger partial charge in [0.25, 0.3) is 23.6 Å². The van der Waals surface area contributed by atoms with Gasteiger partial charge in [0.15, 0.2) is 0 Å². The summed E-state index contributed by atoms with van der Waals surface area (Å²) in [7, 11) is 0. The molecule has 0 spiro atoms. The zero-order chi connectivity index (χ0) is 75.3. The summed E-state index contributed by atoms with van der Waals surface area (Å²) in [6.45, 7) is 3.70. The number of azide groups is 1. The highest BCUT2D eigenvalue weighted by molar-refractivity contribution is 9.11. The molecule has 12 aliphatic rings. The van der Waals surface area contributed by atoms with E-state index in [9.17, 15) is 58.8 Å². The van der Waals surface area contributed by atoms with Gasteiger partial charge in [-0.05, 0) is 156 Å². The highest BCUT2D eigenvalue weighted by Crippen LogP contribution is 2.57. The molecule has 576 valence electrons. The molecule has 0 unspecified atom stereocenters. The molecule has 4 saturated heterocycles. The second-order valence-electron chi connectivity index (χ2n) is 29.6. The summed E-state index contributed by atoms with van der Waals surface area (Å²) in [5, 5.41) is 87.6. The number of fused-ring (bicyclic) bond motifs is 20. The minimum atomic E-state index is -1.30. The Morgan fingerprint density at radius 2 is 0.679 bits per heavy atom. The molecule has 0 radical (unpaired) electrons. The van der Waals surface area contributed by atoms with Crippen molar-refractivity contribution in [2.75, 3.05) is 79.0 Å². The van der Waals surface area contributed by atoms with E-state index in [4.69, 9.17) is 30.3 Å². The number of carbonyl (C=O) groups excluding carboxylic acids is 8. The molecule has 4 aromatic heterocycles. The van der Waals surface area contributed by atoms with Gasteiger partial charge in [0.1, 0.15) is 45.7 Å². The van der Waals surface area contributed by atoms with Crippen LogP contribution in [0.2, 0.25) is 0 Å². The topological polar surface area (TPSA) is 426 Å². The number of ether oxygens (including phenoxy) is 2. The van der Waals surface area contributed by atoms with Crippen LogP contribution in [0.5, 0.6) is 0 Å². The zero-order valence-electron chi connectivity index (χ0n) is 58.4. The van der Waals surface area contributed by atoms with Crippen LogP contribution >= 0.6 is 63.7 Å². The Kier molecular flexibility index (Phi) is 23.5. The predicted molar refractivity (Wildman–Crippen MR) is 390 cm³/mol. The van der Waals surface area contributed by atoms with E-state index in [0.29, 0.717) is 101 Å². The normalized spacial score (nSPS) is 31.9. The van der Waals surface area contributed by atoms with Gasteiger partial charge in [-0.15, -0.1) is 0 Å². The lowest BCUT2D eigenvalue weighted by Crippen LogP contribution is -2.51. The number of rotatable bonds is 25. The lowest BCUT2D eigenvalue weighted by molar-refractivity contribution is -0.151. The summed E-state index contributed by atoms with van der Waals surface area (Å²) in [6, 6.07) is 13.0. The van der Waals surface area contributed by atoms with Gasteiger partial charge in [0.2, 0.25) is 23.6 Å². The van der Waals surface area contributed by atoms with Gasteiger partial charge in [-0.2, -0.15) is 0 Å². The number of amides is 8. The van der Waals surface area contributed by atoms with Gasteiger partial charge in [-0.25, -0.2) is 0 Å². The molecule has 11 N–H and O–H groups in total. The van der Waals surface area contributed by atoms with Crippen LogP contribution in [0, 0.1) is 23.7 Å². The lowest BCUT2D eigenvalue weighted by atomic mass is 9.95. The Morgan fingerprint density at radius 1 is 0.396 bits per heavy atom. The van der Waals surface area contributed by atoms with E-state index in [1.165, 1.54) is 4.90 Å². The quantitative estimate of drug-likeness (QED) is 0.0187. The largest absolute Gasteiger partial charge is 0.396 e. The minimum Gasteiger partial charge on any atom is -0.396 e. The third kappa shape index (κ3) is 14.0. The Bertz CT molecular complexity index is 4070. The molecule has 0 aromatic carbocycles. The number of hydrogen-bond donors (Lipinski definition) is 11. The van der Waals surface area contributed by atoms with Crippen molar-refractivity contribution in [1.82, 2.24) is 59.1 Å². The van der Waals surface area contributed by atoms with Crippen molar-refractivity contribution in [1.29, 1.82) is 0 Å². The number of carbonyl (C=O) groups is 8. The highest BCUT2D eigenvalue weighted by atomic mass is 79.9. The first-order valence-corrected chi connectivity index (χ1v) is 39.9. The average molecular weight is 1730 g/mol. The van der Waals surface area contributed by atoms with Crippen LogP contribution in [0.1, 0.15) is 182 Å². The van der Waals surface area contributed by atoms with Crippen LogP contribution in [0.25, 0.3) is 10.4 Å². The van der Waals surface area contributed by atoms with Crippen LogP contribution in [-0.4, -0.2) is 247 Å². The fourth-order valence-electron chi connectivity index (χ4n) is 19.3. The molecule has 8 aliphatic heterocycles. The van der Waals surface area contributed by atoms with E-state index in [1.54, 1.807) is 39.0 Å². The van der Waals surface area contributed by atoms with Gasteiger partial charge in [-0.3, -0.25) is 38.4 Å². The molecule has 16 atom stereocenters. The summed E-state index contributed by atoms with van der Waals surface area (Å²) in [6.07, 6.45) is 10.6. The molecule has 12 heterocycles. The predicted octanol–water partition coefficient (Wildman–Crippen LogP) is 4.60. The first kappa shape index (κ1) is 77.9. The molecule has 8 fully saturated rings. The number of nitrogens with one attached hydrogen (secondary N) is 4. The van der Waals surface area contributed by atoms with Gasteiger partial charge in [-0.1, -0.05) is 30.8 Å². The Balaban J connectivity index is 0.000000125. The number of aliphatic hydroxyl groups excluding tert-OH is 3. The third-order valence-corrected chi connectivity index (χ3v) is 26.6. The maximum Gasteiger partial charge on any atom is 0.268 e. The Labute approximate surface area is 644 Å². The van der Waals surface area contributed by atoms with Crippen molar-refractivity contribution < 1.29 is 83.6 Å². The summed E-state index contributed by atoms with van der Waals surface area (Å²) >= 11 is 14.0. The molecular formula is C70H91Br4N15O17. The van der Waals surface area contributed by atoms with Crippen LogP contribution in [-0.2, 0) is 28.7 Å². The number of aliphatic hydroxyl groups is 7. The van der Waals surface area contributed by atoms with Crippen molar-refractivity contribution in [2.24, 2.45) is 28.8 Å². The Hall–Kier alpha value is -6.25. The minimum absolute atomic E-state index is 0.0329. The monoisotopic (exact) mass is 1730 g/mol. The second kappa shape index (κ2) is 32.0. The van der Waals surface area contributed by atoms with E-state index >= 15 is 0 Å². The lowest BCUT2D eigenvalue weighted by Gasteiger charge is -2.34. The first-order chi connectivity index (χ1) is 50.9. The molecule has 106 heavy (non-hydrogen) atoms. The number of nitrogens with zero attached hydrogens (tertiary/aromatic N) is 11. The molecule has 4 aromatic rings. The van der Waals surface area contributed by atoms with E-state index < -0.39 is 22.9 Å². The highest BCUT2D eigenvalue weighted by Gasteiger charge is 2.68. The van der Waals surface area contributed by atoms with E-state index in [2.05, 4.69) is 95.0 Å². The Morgan fingerprint density at radius 3 is 0.991 bits per heavy atom. The van der Waals surface area contributed by atoms with Crippen LogP contribution in [0.15, 0.2) is 72.1 Å². The first-order valence-electron chi connectivity index (χ1n) is 36.7. The van der Waals surface area contributed by atoms with E-state index in [0.717, 1.165) is 69.8 Å². The van der Waals surface area contributed by atoms with Gasteiger partial charge in [0, 0.05) is 126 Å². The number of likely N-dealkylation sites (tertiary alicyclic amines) is 4. The second-order valence-corrected chi connectivity index (χ2v) is 32.8. The summed E-state index contributed by atoms with van der Waals surface area (Å²) in [4.78, 5) is 109. The number of hydrogen-bond acceptors (Lipinski definition) is 18. The fourth-order valence-corrected chi connectivity index (χ4v) is 21.6. The standard InChI is InChI=1S/C18H23BrN6O3.C18H24BrN3O6.C18H24BrN3O4.C16H20BrN3O4/c19-14-6-5-12-17(27)22-16-11-9-15(26)24(8-4-2-1-3-7-21-23-20)18(11,28)10-13(16)25(12)14;19-14-2-1-12-17(25)20-16-11-9-15(24)21(3-5-27-7-8-28-6-4-23)18(11,26)10-13(16)22(12)14;19-14-6-5-12-17(25)20-16-11-9-15(24)21(7-3-1-2-4-8-23)18(11,26)10-13(16)22(12)14;17-12-4-3-10-15(23)18-14-9-7-13(22)19(5-1-2-6-21)16(9,24)8-11(14)20(10)12/h5-6,11,13,16,28H,1-4,7-10H2,(H,22,27);1-2,11,13,16,23,26H,3-10H2,(H,20,25);5-6,11,13,16,23,26H,1-4,7-10H2,(H,20,25);3-4,9,11,14,21,24H,1-2,5-8H2,(H,18,23)/t3*11-,13+,16-,18-;9-,11+,14-,16-/m0000/s1. The van der Waals surface area contributed by atoms with E-state index in [1.807, 2.05) is 42.5 Å².